The van der Waals surface area contributed by atoms with E-state index in [1.807, 2.05) is 19.1 Å². The number of ether oxygens (including phenoxy) is 1. The first-order valence-corrected chi connectivity index (χ1v) is 4.75. The van der Waals surface area contributed by atoms with E-state index in [1.54, 1.807) is 20.0 Å². The van der Waals surface area contributed by atoms with Crippen molar-refractivity contribution in [3.05, 3.63) is 35.4 Å². The molecule has 0 aromatic heterocycles. The maximum Gasteiger partial charge on any atom is 0.308 e. The molecule has 0 fully saturated rings. The Hall–Kier alpha value is -1.58. The Balaban J connectivity index is 2.85. The molecular weight excluding hydrogens is 191 g/mol. The number of carbonyl (C=O) groups is 2. The van der Waals surface area contributed by atoms with E-state index < -0.39 is 11.8 Å². The lowest BCUT2D eigenvalue weighted by Gasteiger charge is -2.07. The number of hydrogen-bond acceptors (Lipinski definition) is 3. The fraction of sp³-hybridized carbons (Fsp3) is 0.273. The molecule has 78 valence electrons. The fourth-order valence-corrected chi connectivity index (χ4v) is 1.25. The van der Waals surface area contributed by atoms with Gasteiger partial charge < -0.3 is 4.74 Å². The number of ketones is 1. The van der Waals surface area contributed by atoms with Gasteiger partial charge in [0.15, 0.2) is 5.78 Å². The summed E-state index contributed by atoms with van der Waals surface area (Å²) < 4.78 is 4.52. The molecule has 1 atom stereocenters. The van der Waals surface area contributed by atoms with Crippen LogP contribution in [-0.4, -0.2) is 26.7 Å². The van der Waals surface area contributed by atoms with Crippen molar-refractivity contribution >= 4 is 19.6 Å². The molecule has 0 radical (unpaired) electrons. The molecule has 0 amide bonds. The lowest BCUT2D eigenvalue weighted by atomic mass is 9.81. The van der Waals surface area contributed by atoms with Crippen molar-refractivity contribution in [3.63, 3.8) is 0 Å². The number of Topliss-reactive ketones (excluding diaryl/α,β-unsaturated/α-hetero) is 1. The van der Waals surface area contributed by atoms with Crippen LogP contribution < -0.4 is 0 Å². The number of rotatable bonds is 3. The average Bonchev–Trinajstić information content (AvgIpc) is 2.27. The van der Waals surface area contributed by atoms with E-state index in [2.05, 4.69) is 4.74 Å². The smallest absolute Gasteiger partial charge is 0.308 e. The van der Waals surface area contributed by atoms with Gasteiger partial charge >= 0.3 is 5.97 Å². The minimum atomic E-state index is -0.738. The highest BCUT2D eigenvalue weighted by Gasteiger charge is 2.22. The fourth-order valence-electron chi connectivity index (χ4n) is 1.25. The first-order chi connectivity index (χ1) is 7.06. The van der Waals surface area contributed by atoms with Gasteiger partial charge in [-0.1, -0.05) is 29.8 Å². The van der Waals surface area contributed by atoms with Crippen LogP contribution in [0.1, 0.15) is 15.9 Å². The molecule has 4 heteroatoms. The van der Waals surface area contributed by atoms with Crippen molar-refractivity contribution in [3.8, 4) is 0 Å². The lowest BCUT2D eigenvalue weighted by Crippen LogP contribution is -2.19. The summed E-state index contributed by atoms with van der Waals surface area (Å²) in [6, 6.07) is 7.13. The quantitative estimate of drug-likeness (QED) is 0.316. The topological polar surface area (TPSA) is 43.4 Å². The number of aryl methyl sites for hydroxylation is 1. The Morgan fingerprint density at radius 2 is 1.80 bits per heavy atom. The van der Waals surface area contributed by atoms with E-state index in [4.69, 9.17) is 0 Å². The predicted molar refractivity (Wildman–Crippen MR) is 59.8 cm³/mol. The summed E-state index contributed by atoms with van der Waals surface area (Å²) in [7, 11) is 2.83. The second-order valence-corrected chi connectivity index (χ2v) is 3.48. The summed E-state index contributed by atoms with van der Waals surface area (Å²) in [6.45, 7) is 1.94. The summed E-state index contributed by atoms with van der Waals surface area (Å²) in [6.07, 6.45) is 0. The molecule has 0 saturated carbocycles. The van der Waals surface area contributed by atoms with Gasteiger partial charge in [0.1, 0.15) is 7.85 Å². The van der Waals surface area contributed by atoms with Crippen molar-refractivity contribution in [1.29, 1.82) is 0 Å². The first kappa shape index (κ1) is 11.5. The molecule has 1 rings (SSSR count). The number of esters is 1. The van der Waals surface area contributed by atoms with Crippen LogP contribution in [0.4, 0.5) is 0 Å². The van der Waals surface area contributed by atoms with Gasteiger partial charge in [0.2, 0.25) is 0 Å². The van der Waals surface area contributed by atoms with Gasteiger partial charge in [-0.2, -0.15) is 0 Å². The second-order valence-electron chi connectivity index (χ2n) is 3.48. The molecule has 0 bridgehead atoms. The summed E-state index contributed by atoms with van der Waals surface area (Å²) in [4.78, 5) is 22.9. The number of methoxy groups -OCH3 is 1. The zero-order chi connectivity index (χ0) is 11.4. The monoisotopic (exact) mass is 204 g/mol. The maximum atomic E-state index is 11.8. The van der Waals surface area contributed by atoms with Crippen LogP contribution in [0, 0.1) is 6.92 Å². The Bertz CT molecular complexity index is 370. The normalized spacial score (nSPS) is 11.9. The Kier molecular flexibility index (Phi) is 3.66. The zero-order valence-corrected chi connectivity index (χ0v) is 9.11. The number of carbonyl (C=O) groups excluding carboxylic acids is 2. The predicted octanol–water partition coefficient (Wildman–Crippen LogP) is 0.772. The van der Waals surface area contributed by atoms with Crippen molar-refractivity contribution in [1.82, 2.24) is 0 Å². The van der Waals surface area contributed by atoms with Gasteiger partial charge in [0.25, 0.3) is 0 Å². The van der Waals surface area contributed by atoms with E-state index in [0.717, 1.165) is 5.56 Å². The second kappa shape index (κ2) is 4.78. The molecular formula is C11H13BO3. The zero-order valence-electron chi connectivity index (χ0n) is 9.11. The molecule has 0 saturated heterocycles. The van der Waals surface area contributed by atoms with Gasteiger partial charge in [-0.3, -0.25) is 9.59 Å². The van der Waals surface area contributed by atoms with Crippen molar-refractivity contribution in [2.45, 2.75) is 12.7 Å². The van der Waals surface area contributed by atoms with E-state index in [0.29, 0.717) is 5.56 Å². The van der Waals surface area contributed by atoms with Gasteiger partial charge in [0, 0.05) is 5.56 Å². The van der Waals surface area contributed by atoms with Crippen LogP contribution in [0.2, 0.25) is 5.82 Å². The average molecular weight is 204 g/mol. The van der Waals surface area contributed by atoms with Crippen molar-refractivity contribution < 1.29 is 14.3 Å². The lowest BCUT2D eigenvalue weighted by molar-refractivity contribution is -0.139. The van der Waals surface area contributed by atoms with E-state index in [-0.39, 0.29) is 5.78 Å². The maximum absolute atomic E-state index is 11.8. The Morgan fingerprint density at radius 1 is 1.27 bits per heavy atom. The third-order valence-corrected chi connectivity index (χ3v) is 2.28. The highest BCUT2D eigenvalue weighted by Crippen LogP contribution is 2.13. The standard InChI is InChI=1S/C11H13BO3/c1-7-3-5-8(6-4-7)10(13)9(12)11(14)15-2/h3-6,9H,12H2,1-2H3. The molecule has 0 aliphatic carbocycles. The van der Waals surface area contributed by atoms with E-state index in [1.165, 1.54) is 7.11 Å². The molecule has 0 heterocycles. The van der Waals surface area contributed by atoms with Gasteiger partial charge in [0.05, 0.1) is 12.9 Å². The highest BCUT2D eigenvalue weighted by molar-refractivity contribution is 6.38. The Labute approximate surface area is 89.8 Å². The van der Waals surface area contributed by atoms with E-state index in [9.17, 15) is 9.59 Å². The van der Waals surface area contributed by atoms with Crippen LogP contribution in [0.5, 0.6) is 0 Å². The molecule has 15 heavy (non-hydrogen) atoms. The molecule has 0 aliphatic rings. The molecule has 0 spiro atoms. The summed E-state index contributed by atoms with van der Waals surface area (Å²) >= 11 is 0. The van der Waals surface area contributed by atoms with Crippen LogP contribution in [0.3, 0.4) is 0 Å². The van der Waals surface area contributed by atoms with Crippen molar-refractivity contribution in [2.24, 2.45) is 0 Å². The van der Waals surface area contributed by atoms with Crippen LogP contribution >= 0.6 is 0 Å². The van der Waals surface area contributed by atoms with Gasteiger partial charge in [-0.25, -0.2) is 0 Å². The first-order valence-electron chi connectivity index (χ1n) is 4.75. The third kappa shape index (κ3) is 2.69. The molecule has 1 aromatic rings. The number of benzene rings is 1. The summed E-state index contributed by atoms with van der Waals surface area (Å²) in [5.41, 5.74) is 1.62. The van der Waals surface area contributed by atoms with Gasteiger partial charge in [-0.05, 0) is 6.92 Å². The summed E-state index contributed by atoms with van der Waals surface area (Å²) in [5, 5.41) is 0. The van der Waals surface area contributed by atoms with E-state index >= 15 is 0 Å². The number of hydrogen-bond donors (Lipinski definition) is 0. The minimum absolute atomic E-state index is 0.207. The molecule has 1 unspecified atom stereocenters. The molecule has 1 aromatic carbocycles. The van der Waals surface area contributed by atoms with Gasteiger partial charge in [-0.15, -0.1) is 0 Å². The van der Waals surface area contributed by atoms with Crippen LogP contribution in [0.15, 0.2) is 24.3 Å². The largest absolute Gasteiger partial charge is 0.469 e. The minimum Gasteiger partial charge on any atom is -0.469 e. The third-order valence-electron chi connectivity index (χ3n) is 2.28. The molecule has 3 nitrogen and oxygen atoms in total. The van der Waals surface area contributed by atoms with Crippen LogP contribution in [0.25, 0.3) is 0 Å². The molecule has 0 N–H and O–H groups in total. The molecule has 0 aliphatic heterocycles. The van der Waals surface area contributed by atoms with Crippen LogP contribution in [-0.2, 0) is 9.53 Å². The van der Waals surface area contributed by atoms with Crippen molar-refractivity contribution in [2.75, 3.05) is 7.11 Å². The highest BCUT2D eigenvalue weighted by atomic mass is 16.5. The SMILES string of the molecule is BC(C(=O)OC)C(=O)c1ccc(C)cc1. The summed E-state index contributed by atoms with van der Waals surface area (Å²) in [5.74, 6) is -1.44. The Morgan fingerprint density at radius 3 is 2.27 bits per heavy atom.